The molecule has 0 unspecified atom stereocenters. The van der Waals surface area contributed by atoms with E-state index in [0.717, 1.165) is 19.4 Å². The first-order chi connectivity index (χ1) is 12.5. The summed E-state index contributed by atoms with van der Waals surface area (Å²) in [5.41, 5.74) is 0.547. The zero-order chi connectivity index (χ0) is 19.1. The Hall–Kier alpha value is -2.24. The number of methoxy groups -OCH3 is 2. The summed E-state index contributed by atoms with van der Waals surface area (Å²) in [6, 6.07) is 5.19. The van der Waals surface area contributed by atoms with Gasteiger partial charge < -0.3 is 19.3 Å². The van der Waals surface area contributed by atoms with E-state index in [1.165, 1.54) is 0 Å². The van der Waals surface area contributed by atoms with Crippen molar-refractivity contribution in [1.29, 1.82) is 0 Å². The summed E-state index contributed by atoms with van der Waals surface area (Å²) in [6.45, 7) is 4.11. The summed E-state index contributed by atoms with van der Waals surface area (Å²) in [6.07, 6.45) is 3.52. The third-order valence-electron chi connectivity index (χ3n) is 4.95. The molecule has 1 fully saturated rings. The van der Waals surface area contributed by atoms with E-state index in [9.17, 15) is 9.59 Å². The number of benzene rings is 1. The summed E-state index contributed by atoms with van der Waals surface area (Å²) in [7, 11) is 5.00. The number of hydrogen-bond donors (Lipinski definition) is 0. The van der Waals surface area contributed by atoms with Gasteiger partial charge >= 0.3 is 0 Å². The van der Waals surface area contributed by atoms with Crippen molar-refractivity contribution in [3.05, 3.63) is 23.8 Å². The quantitative estimate of drug-likeness (QED) is 0.748. The van der Waals surface area contributed by atoms with Gasteiger partial charge in [0.05, 0.1) is 14.2 Å². The summed E-state index contributed by atoms with van der Waals surface area (Å²) < 4.78 is 10.5. The van der Waals surface area contributed by atoms with Crippen LogP contribution >= 0.6 is 0 Å². The number of ether oxygens (including phenoxy) is 2. The minimum atomic E-state index is -0.0487. The second-order valence-corrected chi connectivity index (χ2v) is 6.78. The molecule has 144 valence electrons. The van der Waals surface area contributed by atoms with E-state index in [0.29, 0.717) is 43.0 Å². The van der Waals surface area contributed by atoms with E-state index >= 15 is 0 Å². The molecular formula is C20H30N2O4. The van der Waals surface area contributed by atoms with Gasteiger partial charge in [-0.1, -0.05) is 13.3 Å². The molecule has 0 aliphatic carbocycles. The van der Waals surface area contributed by atoms with E-state index in [-0.39, 0.29) is 17.7 Å². The minimum Gasteiger partial charge on any atom is -0.497 e. The van der Waals surface area contributed by atoms with Crippen LogP contribution in [0.3, 0.4) is 0 Å². The predicted octanol–water partition coefficient (Wildman–Crippen LogP) is 2.81. The first-order valence-corrected chi connectivity index (χ1v) is 9.27. The Morgan fingerprint density at radius 3 is 2.19 bits per heavy atom. The molecule has 26 heavy (non-hydrogen) atoms. The Bertz CT molecular complexity index is 602. The molecular weight excluding hydrogens is 332 g/mol. The number of unbranched alkanes of at least 4 members (excludes halogenated alkanes) is 1. The van der Waals surface area contributed by atoms with Gasteiger partial charge in [0.2, 0.25) is 5.91 Å². The largest absolute Gasteiger partial charge is 0.497 e. The Kier molecular flexibility index (Phi) is 7.30. The highest BCUT2D eigenvalue weighted by Gasteiger charge is 2.29. The lowest BCUT2D eigenvalue weighted by Gasteiger charge is -2.33. The number of carbonyl (C=O) groups is 2. The Morgan fingerprint density at radius 2 is 1.69 bits per heavy atom. The van der Waals surface area contributed by atoms with Crippen LogP contribution in [0.4, 0.5) is 0 Å². The average Bonchev–Trinajstić information content (AvgIpc) is 2.70. The van der Waals surface area contributed by atoms with Crippen molar-refractivity contribution >= 4 is 11.8 Å². The van der Waals surface area contributed by atoms with E-state index in [1.807, 2.05) is 16.8 Å². The van der Waals surface area contributed by atoms with Gasteiger partial charge in [0, 0.05) is 44.2 Å². The molecule has 1 heterocycles. The fourth-order valence-electron chi connectivity index (χ4n) is 3.26. The van der Waals surface area contributed by atoms with E-state index < -0.39 is 0 Å². The van der Waals surface area contributed by atoms with Gasteiger partial charge in [-0.15, -0.1) is 0 Å². The van der Waals surface area contributed by atoms with Crippen LogP contribution in [-0.2, 0) is 4.79 Å². The highest BCUT2D eigenvalue weighted by atomic mass is 16.5. The van der Waals surface area contributed by atoms with Crippen LogP contribution in [0.25, 0.3) is 0 Å². The SMILES string of the molecule is CCCCN(C)C(=O)C1CCN(C(=O)c2cc(OC)cc(OC)c2)CC1. The molecule has 2 rings (SSSR count). The van der Waals surface area contributed by atoms with Crippen molar-refractivity contribution in [1.82, 2.24) is 9.80 Å². The zero-order valence-corrected chi connectivity index (χ0v) is 16.3. The fourth-order valence-corrected chi connectivity index (χ4v) is 3.26. The lowest BCUT2D eigenvalue weighted by molar-refractivity contribution is -0.135. The first kappa shape index (κ1) is 20.1. The van der Waals surface area contributed by atoms with Gasteiger partial charge in [0.15, 0.2) is 0 Å². The second kappa shape index (κ2) is 9.46. The Balaban J connectivity index is 1.97. The number of rotatable bonds is 7. The molecule has 0 radical (unpaired) electrons. The highest BCUT2D eigenvalue weighted by Crippen LogP contribution is 2.26. The minimum absolute atomic E-state index is 0.0146. The topological polar surface area (TPSA) is 59.1 Å². The van der Waals surface area contributed by atoms with E-state index in [4.69, 9.17) is 9.47 Å². The molecule has 1 aliphatic rings. The molecule has 6 nitrogen and oxygen atoms in total. The number of piperidine rings is 1. The summed E-state index contributed by atoms with van der Waals surface area (Å²) >= 11 is 0. The summed E-state index contributed by atoms with van der Waals surface area (Å²) in [4.78, 5) is 29.0. The van der Waals surface area contributed by atoms with Gasteiger partial charge in [0.25, 0.3) is 5.91 Å². The van der Waals surface area contributed by atoms with Crippen LogP contribution < -0.4 is 9.47 Å². The summed E-state index contributed by atoms with van der Waals surface area (Å²) in [5.74, 6) is 1.35. The van der Waals surface area contributed by atoms with Gasteiger partial charge in [0.1, 0.15) is 11.5 Å². The highest BCUT2D eigenvalue weighted by molar-refractivity contribution is 5.95. The van der Waals surface area contributed by atoms with Crippen LogP contribution in [0.2, 0.25) is 0 Å². The normalized spacial score (nSPS) is 14.8. The van der Waals surface area contributed by atoms with Crippen LogP contribution in [0.5, 0.6) is 11.5 Å². The molecule has 2 amide bonds. The molecule has 1 aliphatic heterocycles. The van der Waals surface area contributed by atoms with Crippen molar-refractivity contribution in [2.24, 2.45) is 5.92 Å². The molecule has 1 aromatic carbocycles. The van der Waals surface area contributed by atoms with Crippen molar-refractivity contribution in [3.63, 3.8) is 0 Å². The molecule has 0 N–H and O–H groups in total. The molecule has 6 heteroatoms. The van der Waals surface area contributed by atoms with Gasteiger partial charge in [-0.25, -0.2) is 0 Å². The number of carbonyl (C=O) groups excluding carboxylic acids is 2. The van der Waals surface area contributed by atoms with Crippen LogP contribution in [-0.4, -0.2) is 62.5 Å². The molecule has 0 aromatic heterocycles. The monoisotopic (exact) mass is 362 g/mol. The third-order valence-corrected chi connectivity index (χ3v) is 4.95. The Labute approximate surface area is 156 Å². The van der Waals surface area contributed by atoms with Crippen molar-refractivity contribution < 1.29 is 19.1 Å². The average molecular weight is 362 g/mol. The second-order valence-electron chi connectivity index (χ2n) is 6.78. The molecule has 0 saturated carbocycles. The first-order valence-electron chi connectivity index (χ1n) is 9.27. The van der Waals surface area contributed by atoms with Crippen molar-refractivity contribution in [2.45, 2.75) is 32.6 Å². The van der Waals surface area contributed by atoms with Gasteiger partial charge in [-0.05, 0) is 31.4 Å². The predicted molar refractivity (Wildman–Crippen MR) is 101 cm³/mol. The lowest BCUT2D eigenvalue weighted by Crippen LogP contribution is -2.43. The molecule has 0 spiro atoms. The van der Waals surface area contributed by atoms with Gasteiger partial charge in [-0.3, -0.25) is 9.59 Å². The van der Waals surface area contributed by atoms with Crippen molar-refractivity contribution in [2.75, 3.05) is 40.9 Å². The van der Waals surface area contributed by atoms with Crippen LogP contribution in [0.1, 0.15) is 43.0 Å². The lowest BCUT2D eigenvalue weighted by atomic mass is 9.94. The third kappa shape index (κ3) is 4.90. The van der Waals surface area contributed by atoms with Crippen molar-refractivity contribution in [3.8, 4) is 11.5 Å². The number of hydrogen-bond acceptors (Lipinski definition) is 4. The number of amides is 2. The number of likely N-dealkylation sites (tertiary alicyclic amines) is 1. The number of nitrogens with zero attached hydrogens (tertiary/aromatic N) is 2. The maximum Gasteiger partial charge on any atom is 0.254 e. The molecule has 0 atom stereocenters. The molecule has 0 bridgehead atoms. The maximum atomic E-state index is 12.8. The van der Waals surface area contributed by atoms with Crippen LogP contribution in [0, 0.1) is 5.92 Å². The maximum absolute atomic E-state index is 12.8. The van der Waals surface area contributed by atoms with Crippen LogP contribution in [0.15, 0.2) is 18.2 Å². The standard InChI is InChI=1S/C20H30N2O4/c1-5-6-9-21(2)19(23)15-7-10-22(11-8-15)20(24)16-12-17(25-3)14-18(13-16)26-4/h12-15H,5-11H2,1-4H3. The van der Waals surface area contributed by atoms with E-state index in [1.54, 1.807) is 32.4 Å². The molecule has 1 saturated heterocycles. The summed E-state index contributed by atoms with van der Waals surface area (Å²) in [5, 5.41) is 0. The zero-order valence-electron chi connectivity index (χ0n) is 16.3. The fraction of sp³-hybridized carbons (Fsp3) is 0.600. The van der Waals surface area contributed by atoms with Gasteiger partial charge in [-0.2, -0.15) is 0 Å². The Morgan fingerprint density at radius 1 is 1.12 bits per heavy atom. The smallest absolute Gasteiger partial charge is 0.254 e. The molecule has 1 aromatic rings. The van der Waals surface area contributed by atoms with E-state index in [2.05, 4.69) is 6.92 Å².